The molecule has 5 heteroatoms. The van der Waals surface area contributed by atoms with Crippen LogP contribution in [0.4, 0.5) is 0 Å². The Balaban J connectivity index is 2.97. The third-order valence-electron chi connectivity index (χ3n) is 1.95. The molecule has 0 amide bonds. The zero-order chi connectivity index (χ0) is 12.0. The summed E-state index contributed by atoms with van der Waals surface area (Å²) in [6.45, 7) is 2.07. The van der Waals surface area contributed by atoms with E-state index in [9.17, 15) is 0 Å². The van der Waals surface area contributed by atoms with Crippen molar-refractivity contribution in [2.45, 2.75) is 19.8 Å². The molecule has 0 saturated heterocycles. The first-order valence-electron chi connectivity index (χ1n) is 5.05. The van der Waals surface area contributed by atoms with Gasteiger partial charge in [-0.1, -0.05) is 37.1 Å². The minimum Gasteiger partial charge on any atom is -0.369 e. The van der Waals surface area contributed by atoms with E-state index < -0.39 is 0 Å². The Kier molecular flexibility index (Phi) is 4.79. The highest BCUT2D eigenvalue weighted by molar-refractivity contribution is 6.30. The van der Waals surface area contributed by atoms with Gasteiger partial charge in [-0.2, -0.15) is 5.10 Å². The maximum atomic E-state index is 5.81. The molecule has 0 unspecified atom stereocenters. The smallest absolute Gasteiger partial charge is 0.211 e. The summed E-state index contributed by atoms with van der Waals surface area (Å²) >= 11 is 5.81. The number of hydrogen-bond acceptors (Lipinski definition) is 2. The fourth-order valence-corrected chi connectivity index (χ4v) is 1.38. The maximum absolute atomic E-state index is 5.81. The summed E-state index contributed by atoms with van der Waals surface area (Å²) in [6.07, 6.45) is 1.79. The van der Waals surface area contributed by atoms with Crippen molar-refractivity contribution in [2.75, 3.05) is 0 Å². The van der Waals surface area contributed by atoms with Gasteiger partial charge in [-0.25, -0.2) is 0 Å². The third-order valence-corrected chi connectivity index (χ3v) is 2.20. The largest absolute Gasteiger partial charge is 0.369 e. The molecule has 16 heavy (non-hydrogen) atoms. The SMILES string of the molecule is CCC/C(=N/N=C(N)N)c1ccc(Cl)cc1. The second kappa shape index (κ2) is 6.12. The van der Waals surface area contributed by atoms with Crippen LogP contribution in [0.15, 0.2) is 34.5 Å². The standard InChI is InChI=1S/C11H15ClN4/c1-2-3-10(15-16-11(13)14)8-4-6-9(12)7-5-8/h4-7H,2-3H2,1H3,(H4,13,14,16)/b15-10-. The molecule has 1 aromatic carbocycles. The van der Waals surface area contributed by atoms with E-state index in [4.69, 9.17) is 23.1 Å². The number of guanidine groups is 1. The van der Waals surface area contributed by atoms with Crippen molar-refractivity contribution < 1.29 is 0 Å². The molecule has 1 aromatic rings. The Morgan fingerprint density at radius 3 is 2.31 bits per heavy atom. The molecule has 0 aliphatic heterocycles. The molecule has 1 rings (SSSR count). The van der Waals surface area contributed by atoms with Gasteiger partial charge in [0.25, 0.3) is 0 Å². The Bertz CT molecular complexity index is 391. The van der Waals surface area contributed by atoms with Gasteiger partial charge in [0.05, 0.1) is 5.71 Å². The second-order valence-electron chi connectivity index (χ2n) is 3.33. The van der Waals surface area contributed by atoms with Crippen LogP contribution in [-0.4, -0.2) is 11.7 Å². The van der Waals surface area contributed by atoms with Crippen LogP contribution in [0.1, 0.15) is 25.3 Å². The van der Waals surface area contributed by atoms with Gasteiger partial charge in [-0.3, -0.25) is 0 Å². The molecule has 0 aliphatic rings. The van der Waals surface area contributed by atoms with Crippen LogP contribution in [-0.2, 0) is 0 Å². The van der Waals surface area contributed by atoms with Crippen LogP contribution in [0.5, 0.6) is 0 Å². The van der Waals surface area contributed by atoms with E-state index in [2.05, 4.69) is 17.1 Å². The molecule has 0 aliphatic carbocycles. The van der Waals surface area contributed by atoms with E-state index in [1.54, 1.807) is 0 Å². The molecule has 0 bridgehead atoms. The van der Waals surface area contributed by atoms with Crippen LogP contribution in [0, 0.1) is 0 Å². The molecule has 0 heterocycles. The first-order valence-corrected chi connectivity index (χ1v) is 5.42. The molecule has 4 N–H and O–H groups in total. The number of rotatable bonds is 4. The minimum absolute atomic E-state index is 0.0393. The number of benzene rings is 1. The Morgan fingerprint density at radius 1 is 1.19 bits per heavy atom. The fraction of sp³-hybridized carbons (Fsp3) is 0.273. The summed E-state index contributed by atoms with van der Waals surface area (Å²) < 4.78 is 0. The first-order chi connectivity index (χ1) is 7.63. The Hall–Kier alpha value is -1.55. The van der Waals surface area contributed by atoms with Crippen LogP contribution in [0.25, 0.3) is 0 Å². The summed E-state index contributed by atoms with van der Waals surface area (Å²) in [5.41, 5.74) is 12.3. The molecule has 86 valence electrons. The van der Waals surface area contributed by atoms with Crippen LogP contribution in [0.2, 0.25) is 5.02 Å². The van der Waals surface area contributed by atoms with E-state index in [0.29, 0.717) is 5.02 Å². The minimum atomic E-state index is -0.0393. The molecule has 4 nitrogen and oxygen atoms in total. The van der Waals surface area contributed by atoms with E-state index in [1.165, 1.54) is 0 Å². The van der Waals surface area contributed by atoms with Gasteiger partial charge in [0, 0.05) is 5.02 Å². The number of nitrogens with two attached hydrogens (primary N) is 2. The fourth-order valence-electron chi connectivity index (χ4n) is 1.25. The highest BCUT2D eigenvalue weighted by atomic mass is 35.5. The van der Waals surface area contributed by atoms with E-state index in [1.807, 2.05) is 24.3 Å². The van der Waals surface area contributed by atoms with Crippen molar-refractivity contribution in [3.8, 4) is 0 Å². The van der Waals surface area contributed by atoms with Crippen molar-refractivity contribution >= 4 is 23.3 Å². The summed E-state index contributed by atoms with van der Waals surface area (Å²) in [5.74, 6) is -0.0393. The first kappa shape index (κ1) is 12.5. The van der Waals surface area contributed by atoms with Crippen molar-refractivity contribution in [3.05, 3.63) is 34.9 Å². The predicted octanol–water partition coefficient (Wildman–Crippen LogP) is 2.12. The predicted molar refractivity (Wildman–Crippen MR) is 68.7 cm³/mol. The molecule has 0 aromatic heterocycles. The molecular formula is C11H15ClN4. The van der Waals surface area contributed by atoms with Crippen LogP contribution in [0.3, 0.4) is 0 Å². The normalized spacial score (nSPS) is 11.2. The monoisotopic (exact) mass is 238 g/mol. The lowest BCUT2D eigenvalue weighted by atomic mass is 10.1. The number of nitrogens with zero attached hydrogens (tertiary/aromatic N) is 2. The van der Waals surface area contributed by atoms with E-state index >= 15 is 0 Å². The average molecular weight is 239 g/mol. The van der Waals surface area contributed by atoms with Gasteiger partial charge < -0.3 is 11.5 Å². The van der Waals surface area contributed by atoms with Gasteiger partial charge in [-0.05, 0) is 24.1 Å². The third kappa shape index (κ3) is 3.90. The lowest BCUT2D eigenvalue weighted by Gasteiger charge is -2.03. The maximum Gasteiger partial charge on any atom is 0.211 e. The zero-order valence-corrected chi connectivity index (χ0v) is 9.91. The summed E-state index contributed by atoms with van der Waals surface area (Å²) in [7, 11) is 0. The zero-order valence-electron chi connectivity index (χ0n) is 9.15. The van der Waals surface area contributed by atoms with Gasteiger partial charge in [-0.15, -0.1) is 5.10 Å². The number of hydrogen-bond donors (Lipinski definition) is 2. The van der Waals surface area contributed by atoms with Crippen molar-refractivity contribution in [1.29, 1.82) is 0 Å². The molecule has 0 fully saturated rings. The highest BCUT2D eigenvalue weighted by Crippen LogP contribution is 2.12. The second-order valence-corrected chi connectivity index (χ2v) is 3.76. The van der Waals surface area contributed by atoms with E-state index in [0.717, 1.165) is 24.1 Å². The topological polar surface area (TPSA) is 76.8 Å². The van der Waals surface area contributed by atoms with Crippen LogP contribution >= 0.6 is 11.6 Å². The molecule has 0 radical (unpaired) electrons. The molecule has 0 atom stereocenters. The molecule has 0 saturated carbocycles. The molecular weight excluding hydrogens is 224 g/mol. The van der Waals surface area contributed by atoms with Crippen molar-refractivity contribution in [2.24, 2.45) is 21.7 Å². The lowest BCUT2D eigenvalue weighted by molar-refractivity contribution is 0.981. The average Bonchev–Trinajstić information content (AvgIpc) is 2.25. The van der Waals surface area contributed by atoms with Gasteiger partial charge in [0.2, 0.25) is 5.96 Å². The highest BCUT2D eigenvalue weighted by Gasteiger charge is 2.02. The number of halogens is 1. The molecule has 0 spiro atoms. The lowest BCUT2D eigenvalue weighted by Crippen LogP contribution is -2.22. The van der Waals surface area contributed by atoms with Crippen LogP contribution < -0.4 is 11.5 Å². The summed E-state index contributed by atoms with van der Waals surface area (Å²) in [4.78, 5) is 0. The van der Waals surface area contributed by atoms with Crippen molar-refractivity contribution in [3.63, 3.8) is 0 Å². The van der Waals surface area contributed by atoms with Gasteiger partial charge in [0.15, 0.2) is 0 Å². The Morgan fingerprint density at radius 2 is 1.81 bits per heavy atom. The van der Waals surface area contributed by atoms with E-state index in [-0.39, 0.29) is 5.96 Å². The summed E-state index contributed by atoms with van der Waals surface area (Å²) in [6, 6.07) is 7.44. The quantitative estimate of drug-likeness (QED) is 0.479. The van der Waals surface area contributed by atoms with Gasteiger partial charge in [0.1, 0.15) is 0 Å². The summed E-state index contributed by atoms with van der Waals surface area (Å²) in [5, 5.41) is 8.39. The van der Waals surface area contributed by atoms with Crippen molar-refractivity contribution in [1.82, 2.24) is 0 Å². The Labute approximate surface area is 100.0 Å². The van der Waals surface area contributed by atoms with Gasteiger partial charge >= 0.3 is 0 Å².